The van der Waals surface area contributed by atoms with Gasteiger partial charge in [0, 0.05) is 15.6 Å². The number of rotatable bonds is 5. The van der Waals surface area contributed by atoms with Crippen molar-refractivity contribution in [3.8, 4) is 11.4 Å². The largest absolute Gasteiger partial charge is 0.335 e. The lowest BCUT2D eigenvalue weighted by atomic mass is 10.2. The van der Waals surface area contributed by atoms with Crippen molar-refractivity contribution in [2.75, 3.05) is 16.9 Å². The second-order valence-corrected chi connectivity index (χ2v) is 7.37. The highest BCUT2D eigenvalue weighted by Crippen LogP contribution is 2.27. The van der Waals surface area contributed by atoms with E-state index in [1.54, 1.807) is 36.4 Å². The zero-order chi connectivity index (χ0) is 18.7. The van der Waals surface area contributed by atoms with Crippen LogP contribution in [0, 0.1) is 0 Å². The Morgan fingerprint density at radius 3 is 2.65 bits per heavy atom. The minimum atomic E-state index is -0.272. The fraction of sp³-hybridized carbons (Fsp3) is 0.0625. The van der Waals surface area contributed by atoms with Gasteiger partial charge >= 0.3 is 0 Å². The van der Waals surface area contributed by atoms with Crippen LogP contribution in [0.3, 0.4) is 0 Å². The summed E-state index contributed by atoms with van der Waals surface area (Å²) in [6.45, 7) is 0. The normalized spacial score (nSPS) is 10.7. The lowest BCUT2D eigenvalue weighted by molar-refractivity contribution is -0.113. The van der Waals surface area contributed by atoms with Crippen LogP contribution in [0.4, 0.5) is 5.69 Å². The molecule has 0 spiro atoms. The Kier molecular flexibility index (Phi) is 5.93. The molecule has 0 aliphatic rings. The number of hydrogen-bond acceptors (Lipinski definition) is 5. The van der Waals surface area contributed by atoms with Crippen molar-refractivity contribution in [2.45, 2.75) is 5.16 Å². The average Bonchev–Trinajstić information content (AvgIpc) is 2.97. The molecule has 0 fully saturated rings. The van der Waals surface area contributed by atoms with Crippen molar-refractivity contribution < 1.29 is 4.79 Å². The molecule has 3 aromatic rings. The molecular formula is C16H12Cl3N5OS. The molecule has 0 bridgehead atoms. The zero-order valence-electron chi connectivity index (χ0n) is 13.1. The SMILES string of the molecule is Nn1c(SCC(=O)Nc2cc(Cl)ccc2Cl)nnc1-c1cccc(Cl)c1. The van der Waals surface area contributed by atoms with E-state index in [1.165, 1.54) is 4.68 Å². The summed E-state index contributed by atoms with van der Waals surface area (Å²) in [5.74, 6) is 6.28. The third-order valence-electron chi connectivity index (χ3n) is 3.28. The van der Waals surface area contributed by atoms with E-state index in [9.17, 15) is 4.79 Å². The molecule has 3 rings (SSSR count). The van der Waals surface area contributed by atoms with Gasteiger partial charge in [0.1, 0.15) is 0 Å². The second-order valence-electron chi connectivity index (χ2n) is 5.15. The number of aromatic nitrogens is 3. The van der Waals surface area contributed by atoms with Crippen LogP contribution < -0.4 is 11.2 Å². The molecule has 0 radical (unpaired) electrons. The summed E-state index contributed by atoms with van der Waals surface area (Å²) in [5, 5.41) is 12.6. The maximum atomic E-state index is 12.1. The lowest BCUT2D eigenvalue weighted by Gasteiger charge is -2.07. The predicted molar refractivity (Wildman–Crippen MR) is 106 cm³/mol. The molecule has 10 heteroatoms. The minimum absolute atomic E-state index is 0.0771. The van der Waals surface area contributed by atoms with E-state index in [4.69, 9.17) is 40.6 Å². The predicted octanol–water partition coefficient (Wildman–Crippen LogP) is 4.35. The first-order chi connectivity index (χ1) is 12.4. The van der Waals surface area contributed by atoms with Crippen molar-refractivity contribution in [3.05, 3.63) is 57.5 Å². The van der Waals surface area contributed by atoms with Crippen molar-refractivity contribution in [3.63, 3.8) is 0 Å². The standard InChI is InChI=1S/C16H12Cl3N5OS/c17-10-3-1-2-9(6-10)15-22-23-16(24(15)20)26-8-14(25)21-13-7-11(18)4-5-12(13)19/h1-7H,8,20H2,(H,21,25). The van der Waals surface area contributed by atoms with Crippen LogP contribution in [0.15, 0.2) is 47.6 Å². The van der Waals surface area contributed by atoms with Crippen LogP contribution in [0.25, 0.3) is 11.4 Å². The number of thioether (sulfide) groups is 1. The fourth-order valence-corrected chi connectivity index (χ4v) is 3.29. The number of benzene rings is 2. The zero-order valence-corrected chi connectivity index (χ0v) is 16.2. The van der Waals surface area contributed by atoms with E-state index < -0.39 is 0 Å². The van der Waals surface area contributed by atoms with Gasteiger partial charge in [-0.3, -0.25) is 4.79 Å². The maximum absolute atomic E-state index is 12.1. The van der Waals surface area contributed by atoms with Gasteiger partial charge < -0.3 is 11.2 Å². The summed E-state index contributed by atoms with van der Waals surface area (Å²) in [6.07, 6.45) is 0. The van der Waals surface area contributed by atoms with Crippen LogP contribution in [-0.4, -0.2) is 26.5 Å². The van der Waals surface area contributed by atoms with Crippen LogP contribution in [0.2, 0.25) is 15.1 Å². The highest BCUT2D eigenvalue weighted by atomic mass is 35.5. The maximum Gasteiger partial charge on any atom is 0.234 e. The van der Waals surface area contributed by atoms with Crippen LogP contribution in [0.5, 0.6) is 0 Å². The number of nitrogens with one attached hydrogen (secondary N) is 1. The molecular weight excluding hydrogens is 417 g/mol. The number of anilines is 1. The van der Waals surface area contributed by atoms with E-state index in [-0.39, 0.29) is 11.7 Å². The van der Waals surface area contributed by atoms with Gasteiger partial charge in [0.15, 0.2) is 5.82 Å². The lowest BCUT2D eigenvalue weighted by Crippen LogP contribution is -2.16. The quantitative estimate of drug-likeness (QED) is 0.466. The van der Waals surface area contributed by atoms with Gasteiger partial charge in [0.2, 0.25) is 11.1 Å². The van der Waals surface area contributed by atoms with Crippen molar-refractivity contribution in [1.82, 2.24) is 14.9 Å². The monoisotopic (exact) mass is 427 g/mol. The van der Waals surface area contributed by atoms with Crippen LogP contribution in [-0.2, 0) is 4.79 Å². The highest BCUT2D eigenvalue weighted by Gasteiger charge is 2.14. The topological polar surface area (TPSA) is 85.8 Å². The van der Waals surface area contributed by atoms with Gasteiger partial charge in [0.25, 0.3) is 0 Å². The molecule has 134 valence electrons. The molecule has 26 heavy (non-hydrogen) atoms. The third-order valence-corrected chi connectivity index (χ3v) is 5.03. The summed E-state index contributed by atoms with van der Waals surface area (Å²) in [5.41, 5.74) is 1.17. The van der Waals surface area contributed by atoms with Crippen LogP contribution in [0.1, 0.15) is 0 Å². The Balaban J connectivity index is 1.67. The molecule has 0 aliphatic heterocycles. The molecule has 2 aromatic carbocycles. The van der Waals surface area contributed by atoms with Gasteiger partial charge in [0.05, 0.1) is 16.5 Å². The number of carbonyl (C=O) groups excluding carboxylic acids is 1. The van der Waals surface area contributed by atoms with Crippen molar-refractivity contribution in [2.24, 2.45) is 0 Å². The highest BCUT2D eigenvalue weighted by molar-refractivity contribution is 7.99. The fourth-order valence-electron chi connectivity index (χ4n) is 2.11. The Morgan fingerprint density at radius 2 is 1.88 bits per heavy atom. The Morgan fingerprint density at radius 1 is 1.12 bits per heavy atom. The average molecular weight is 429 g/mol. The van der Waals surface area contributed by atoms with E-state index >= 15 is 0 Å². The van der Waals surface area contributed by atoms with Gasteiger partial charge in [-0.15, -0.1) is 10.2 Å². The Labute approximate surface area is 168 Å². The Bertz CT molecular complexity index is 963. The first kappa shape index (κ1) is 18.8. The van der Waals surface area contributed by atoms with Gasteiger partial charge in [-0.1, -0.05) is 58.7 Å². The molecule has 1 amide bonds. The number of nitrogens with zero attached hydrogens (tertiary/aromatic N) is 3. The van der Waals surface area contributed by atoms with E-state index in [1.807, 2.05) is 6.07 Å². The van der Waals surface area contributed by atoms with Gasteiger partial charge in [-0.25, -0.2) is 4.68 Å². The molecule has 6 nitrogen and oxygen atoms in total. The van der Waals surface area contributed by atoms with E-state index in [0.29, 0.717) is 31.7 Å². The summed E-state index contributed by atoms with van der Waals surface area (Å²) >= 11 is 19.1. The van der Waals surface area contributed by atoms with Crippen LogP contribution >= 0.6 is 46.6 Å². The minimum Gasteiger partial charge on any atom is -0.335 e. The number of nitrogens with two attached hydrogens (primary N) is 1. The molecule has 3 N–H and O–H groups in total. The second kappa shape index (κ2) is 8.18. The molecule has 1 heterocycles. The summed E-state index contributed by atoms with van der Waals surface area (Å²) in [4.78, 5) is 12.1. The molecule has 0 saturated heterocycles. The molecule has 0 saturated carbocycles. The van der Waals surface area contributed by atoms with Gasteiger partial charge in [-0.2, -0.15) is 0 Å². The third kappa shape index (κ3) is 4.42. The van der Waals surface area contributed by atoms with E-state index in [0.717, 1.165) is 17.3 Å². The smallest absolute Gasteiger partial charge is 0.234 e. The van der Waals surface area contributed by atoms with Crippen molar-refractivity contribution in [1.29, 1.82) is 0 Å². The number of hydrogen-bond donors (Lipinski definition) is 2. The first-order valence-electron chi connectivity index (χ1n) is 7.28. The molecule has 0 atom stereocenters. The van der Waals surface area contributed by atoms with Crippen molar-refractivity contribution >= 4 is 58.2 Å². The summed E-state index contributed by atoms with van der Waals surface area (Å²) in [7, 11) is 0. The summed E-state index contributed by atoms with van der Waals surface area (Å²) < 4.78 is 1.32. The Hall–Kier alpha value is -1.93. The number of carbonyl (C=O) groups is 1. The first-order valence-corrected chi connectivity index (χ1v) is 9.40. The molecule has 0 aliphatic carbocycles. The molecule has 1 aromatic heterocycles. The number of halogens is 3. The van der Waals surface area contributed by atoms with Gasteiger partial charge in [-0.05, 0) is 30.3 Å². The molecule has 0 unspecified atom stereocenters. The van der Waals surface area contributed by atoms with E-state index in [2.05, 4.69) is 15.5 Å². The number of amides is 1. The number of nitrogen functional groups attached to an aromatic ring is 1. The summed E-state index contributed by atoms with van der Waals surface area (Å²) in [6, 6.07) is 11.9.